The number of carbonyl (C=O) groups excluding carboxylic acids is 2. The zero-order valence-electron chi connectivity index (χ0n) is 14.2. The van der Waals surface area contributed by atoms with Crippen LogP contribution < -0.4 is 0 Å². The van der Waals surface area contributed by atoms with E-state index in [0.29, 0.717) is 17.3 Å². The molecule has 0 spiro atoms. The summed E-state index contributed by atoms with van der Waals surface area (Å²) < 4.78 is 11.6. The van der Waals surface area contributed by atoms with Gasteiger partial charge in [0.1, 0.15) is 18.3 Å². The van der Waals surface area contributed by atoms with E-state index in [9.17, 15) is 14.7 Å². The van der Waals surface area contributed by atoms with Crippen molar-refractivity contribution < 1.29 is 24.2 Å². The van der Waals surface area contributed by atoms with E-state index in [1.807, 2.05) is 20.8 Å². The Kier molecular flexibility index (Phi) is 8.13. The zero-order chi connectivity index (χ0) is 17.6. The van der Waals surface area contributed by atoms with Crippen molar-refractivity contribution in [2.75, 3.05) is 24.1 Å². The summed E-state index contributed by atoms with van der Waals surface area (Å²) in [5.41, 5.74) is -0.529. The van der Waals surface area contributed by atoms with Crippen LogP contribution >= 0.6 is 23.5 Å². The largest absolute Gasteiger partial charge is 0.453 e. The van der Waals surface area contributed by atoms with E-state index in [-0.39, 0.29) is 17.0 Å². The molecule has 1 fully saturated rings. The molecule has 1 saturated heterocycles. The highest BCUT2D eigenvalue weighted by molar-refractivity contribution is 8.00. The molecule has 3 atom stereocenters. The van der Waals surface area contributed by atoms with Gasteiger partial charge in [0.05, 0.1) is 11.2 Å². The normalized spacial score (nSPS) is 28.3. The molecule has 1 heterocycles. The Morgan fingerprint density at radius 2 is 2.17 bits per heavy atom. The highest BCUT2D eigenvalue weighted by Crippen LogP contribution is 2.42. The van der Waals surface area contributed by atoms with E-state index >= 15 is 0 Å². The fraction of sp³-hybridized carbons (Fsp3) is 0.750. The average molecular weight is 363 g/mol. The van der Waals surface area contributed by atoms with E-state index in [4.69, 9.17) is 9.47 Å². The predicted molar refractivity (Wildman–Crippen MR) is 94.7 cm³/mol. The van der Waals surface area contributed by atoms with Gasteiger partial charge in [-0.3, -0.25) is 4.79 Å². The average Bonchev–Trinajstić information content (AvgIpc) is 2.68. The molecule has 0 saturated carbocycles. The number of ether oxygens (including phenoxy) is 2. The minimum absolute atomic E-state index is 0.0157. The van der Waals surface area contributed by atoms with Gasteiger partial charge in [-0.05, 0) is 18.6 Å². The fourth-order valence-electron chi connectivity index (χ4n) is 2.47. The number of hydrogen-bond acceptors (Lipinski definition) is 7. The molecule has 1 aliphatic heterocycles. The molecular formula is C16H26O5S2. The quantitative estimate of drug-likeness (QED) is 0.550. The van der Waals surface area contributed by atoms with Crippen LogP contribution in [0.1, 0.15) is 27.7 Å². The van der Waals surface area contributed by atoms with Crippen LogP contribution in [-0.4, -0.2) is 57.9 Å². The molecule has 0 aromatic carbocycles. The molecule has 5 nitrogen and oxygen atoms in total. The first-order valence-electron chi connectivity index (χ1n) is 7.63. The highest BCUT2D eigenvalue weighted by Gasteiger charge is 2.52. The molecular weight excluding hydrogens is 336 g/mol. The Labute approximate surface area is 146 Å². The van der Waals surface area contributed by atoms with Gasteiger partial charge in [-0.1, -0.05) is 27.4 Å². The summed E-state index contributed by atoms with van der Waals surface area (Å²) in [7, 11) is 0. The third kappa shape index (κ3) is 4.75. The molecule has 0 aromatic rings. The second kappa shape index (κ2) is 9.11. The van der Waals surface area contributed by atoms with Gasteiger partial charge < -0.3 is 14.6 Å². The number of carbonyl (C=O) groups is 2. The molecule has 0 amide bonds. The van der Waals surface area contributed by atoms with Crippen LogP contribution in [0.5, 0.6) is 0 Å². The minimum Gasteiger partial charge on any atom is -0.453 e. The summed E-state index contributed by atoms with van der Waals surface area (Å²) in [6.45, 7) is 10.6. The maximum absolute atomic E-state index is 12.2. The van der Waals surface area contributed by atoms with Crippen molar-refractivity contribution in [3.8, 4) is 0 Å². The lowest BCUT2D eigenvalue weighted by Gasteiger charge is -2.43. The number of esters is 1. The minimum atomic E-state index is -0.854. The van der Waals surface area contributed by atoms with Crippen LogP contribution in [-0.2, 0) is 19.1 Å². The molecule has 1 aliphatic rings. The first-order chi connectivity index (χ1) is 10.8. The van der Waals surface area contributed by atoms with Crippen molar-refractivity contribution in [1.29, 1.82) is 0 Å². The molecule has 3 unspecified atom stereocenters. The number of Topliss-reactive ketones (excluding diaryl/α,β-unsaturated/α-hetero) is 1. The molecule has 0 radical (unpaired) electrons. The van der Waals surface area contributed by atoms with Gasteiger partial charge in [0.15, 0.2) is 5.78 Å². The van der Waals surface area contributed by atoms with Gasteiger partial charge in [0.25, 0.3) is 0 Å². The number of ketones is 1. The van der Waals surface area contributed by atoms with E-state index in [0.717, 1.165) is 5.75 Å². The Balaban J connectivity index is 3.31. The van der Waals surface area contributed by atoms with E-state index in [1.165, 1.54) is 23.5 Å². The summed E-state index contributed by atoms with van der Waals surface area (Å²) in [5, 5.41) is 8.91. The van der Waals surface area contributed by atoms with Crippen LogP contribution in [0.3, 0.4) is 0 Å². The second-order valence-electron chi connectivity index (χ2n) is 5.83. The van der Waals surface area contributed by atoms with Crippen LogP contribution in [0.25, 0.3) is 0 Å². The summed E-state index contributed by atoms with van der Waals surface area (Å²) in [5.74, 6) is 0.755. The van der Waals surface area contributed by atoms with Crippen LogP contribution in [0.4, 0.5) is 0 Å². The molecule has 1 N–H and O–H groups in total. The van der Waals surface area contributed by atoms with Crippen molar-refractivity contribution in [2.24, 2.45) is 5.92 Å². The van der Waals surface area contributed by atoms with Crippen molar-refractivity contribution in [2.45, 2.75) is 44.6 Å². The Morgan fingerprint density at radius 3 is 2.65 bits per heavy atom. The smallest absolute Gasteiger partial charge is 0.333 e. The summed E-state index contributed by atoms with van der Waals surface area (Å²) in [6, 6.07) is 0. The number of aliphatic hydroxyl groups is 1. The Bertz CT molecular complexity index is 452. The number of aliphatic hydroxyl groups excluding tert-OH is 1. The van der Waals surface area contributed by atoms with E-state index < -0.39 is 24.3 Å². The highest BCUT2D eigenvalue weighted by atomic mass is 32.2. The Morgan fingerprint density at radius 1 is 1.52 bits per heavy atom. The number of thioether (sulfide) groups is 2. The van der Waals surface area contributed by atoms with Gasteiger partial charge in [-0.2, -0.15) is 11.8 Å². The third-order valence-corrected chi connectivity index (χ3v) is 6.14. The van der Waals surface area contributed by atoms with Crippen LogP contribution in [0, 0.1) is 5.92 Å². The van der Waals surface area contributed by atoms with Gasteiger partial charge in [0, 0.05) is 11.3 Å². The third-order valence-electron chi connectivity index (χ3n) is 3.84. The van der Waals surface area contributed by atoms with Crippen molar-refractivity contribution in [3.05, 3.63) is 12.2 Å². The SMILES string of the molecule is C=C(C)C(=O)OC1(C(C)C)CSCOC(C(=O)CO)C1SCC. The maximum atomic E-state index is 12.2. The summed E-state index contributed by atoms with van der Waals surface area (Å²) in [4.78, 5) is 24.4. The lowest BCUT2D eigenvalue weighted by atomic mass is 9.84. The van der Waals surface area contributed by atoms with E-state index in [2.05, 4.69) is 6.58 Å². The summed E-state index contributed by atoms with van der Waals surface area (Å²) in [6.07, 6.45) is -0.791. The van der Waals surface area contributed by atoms with Gasteiger partial charge in [-0.25, -0.2) is 4.79 Å². The monoisotopic (exact) mass is 362 g/mol. The maximum Gasteiger partial charge on any atom is 0.333 e. The second-order valence-corrected chi connectivity index (χ2v) is 8.18. The molecule has 1 rings (SSSR count). The van der Waals surface area contributed by atoms with Crippen molar-refractivity contribution in [3.63, 3.8) is 0 Å². The molecule has 23 heavy (non-hydrogen) atoms. The molecule has 0 bridgehead atoms. The number of hydrogen-bond donors (Lipinski definition) is 1. The van der Waals surface area contributed by atoms with Gasteiger partial charge in [0.2, 0.25) is 0 Å². The van der Waals surface area contributed by atoms with Crippen LogP contribution in [0.2, 0.25) is 0 Å². The van der Waals surface area contributed by atoms with Gasteiger partial charge >= 0.3 is 5.97 Å². The molecule has 7 heteroatoms. The van der Waals surface area contributed by atoms with Crippen molar-refractivity contribution >= 4 is 35.3 Å². The number of rotatable bonds is 7. The Hall–Kier alpha value is -0.500. The first-order valence-corrected chi connectivity index (χ1v) is 9.83. The molecule has 132 valence electrons. The lowest BCUT2D eigenvalue weighted by molar-refractivity contribution is -0.161. The van der Waals surface area contributed by atoms with E-state index in [1.54, 1.807) is 6.92 Å². The standard InChI is InChI=1S/C16H26O5S2/c1-6-23-14-13(12(18)7-17)20-9-22-8-16(14,11(4)5)21-15(19)10(2)3/h11,13-14,17H,2,6-9H2,1,3-5H3. The fourth-order valence-corrected chi connectivity index (χ4v) is 5.24. The molecule has 0 aliphatic carbocycles. The topological polar surface area (TPSA) is 72.8 Å². The van der Waals surface area contributed by atoms with Crippen molar-refractivity contribution in [1.82, 2.24) is 0 Å². The zero-order valence-corrected chi connectivity index (χ0v) is 15.8. The van der Waals surface area contributed by atoms with Crippen LogP contribution in [0.15, 0.2) is 12.2 Å². The molecule has 0 aromatic heterocycles. The van der Waals surface area contributed by atoms with Gasteiger partial charge in [-0.15, -0.1) is 11.8 Å². The lowest BCUT2D eigenvalue weighted by Crippen LogP contribution is -2.57. The predicted octanol–water partition coefficient (Wildman–Crippen LogP) is 2.27. The summed E-state index contributed by atoms with van der Waals surface area (Å²) >= 11 is 3.02. The first kappa shape index (κ1) is 20.5.